The first kappa shape index (κ1) is 13.7. The quantitative estimate of drug-likeness (QED) is 0.788. The predicted molar refractivity (Wildman–Crippen MR) is 73.4 cm³/mol. The van der Waals surface area contributed by atoms with Gasteiger partial charge in [0.15, 0.2) is 0 Å². The van der Waals surface area contributed by atoms with Crippen LogP contribution in [0.5, 0.6) is 0 Å². The van der Waals surface area contributed by atoms with E-state index in [0.717, 1.165) is 31.7 Å². The Labute approximate surface area is 113 Å². The lowest BCUT2D eigenvalue weighted by Gasteiger charge is -2.33. The van der Waals surface area contributed by atoms with Gasteiger partial charge in [-0.2, -0.15) is 0 Å². The largest absolute Gasteiger partial charge is 0.395 e. The average Bonchev–Trinajstić information content (AvgIpc) is 2.47. The first-order chi connectivity index (χ1) is 9.29. The molecule has 2 heterocycles. The molecule has 102 valence electrons. The molecule has 1 aromatic heterocycles. The molecule has 0 aliphatic carbocycles. The zero-order valence-electron chi connectivity index (χ0n) is 10.9. The van der Waals surface area contributed by atoms with Crippen LogP contribution >= 0.6 is 0 Å². The Kier molecular flexibility index (Phi) is 5.06. The third kappa shape index (κ3) is 4.15. The van der Waals surface area contributed by atoms with Gasteiger partial charge in [-0.15, -0.1) is 0 Å². The van der Waals surface area contributed by atoms with Crippen molar-refractivity contribution in [1.29, 1.82) is 0 Å². The van der Waals surface area contributed by atoms with E-state index in [1.54, 1.807) is 24.5 Å². The molecule has 1 aromatic rings. The van der Waals surface area contributed by atoms with Crippen LogP contribution in [0, 0.1) is 0 Å². The Balaban J connectivity index is 1.83. The van der Waals surface area contributed by atoms with Gasteiger partial charge in [-0.25, -0.2) is 0 Å². The summed E-state index contributed by atoms with van der Waals surface area (Å²) in [6.07, 6.45) is 6.82. The van der Waals surface area contributed by atoms with E-state index >= 15 is 0 Å². The van der Waals surface area contributed by atoms with E-state index in [1.165, 1.54) is 0 Å². The van der Waals surface area contributed by atoms with Gasteiger partial charge >= 0.3 is 0 Å². The van der Waals surface area contributed by atoms with Crippen molar-refractivity contribution in [3.63, 3.8) is 0 Å². The van der Waals surface area contributed by atoms with Gasteiger partial charge in [-0.05, 0) is 17.7 Å². The molecule has 19 heavy (non-hydrogen) atoms. The van der Waals surface area contributed by atoms with Crippen LogP contribution in [0.1, 0.15) is 5.56 Å². The van der Waals surface area contributed by atoms with Crippen molar-refractivity contribution in [2.75, 3.05) is 39.3 Å². The SMILES string of the molecule is O=C(/C=C/c1cccnc1)N1CCN(CCO)CC1. The van der Waals surface area contributed by atoms with Gasteiger partial charge < -0.3 is 10.0 Å². The molecule has 1 saturated heterocycles. The highest BCUT2D eigenvalue weighted by Crippen LogP contribution is 2.04. The van der Waals surface area contributed by atoms with Crippen LogP contribution in [0.3, 0.4) is 0 Å². The number of nitrogens with zero attached hydrogens (tertiary/aromatic N) is 3. The number of amides is 1. The molecule has 0 unspecified atom stereocenters. The number of hydrogen-bond acceptors (Lipinski definition) is 4. The van der Waals surface area contributed by atoms with Crippen LogP contribution in [0.4, 0.5) is 0 Å². The fourth-order valence-electron chi connectivity index (χ4n) is 2.08. The van der Waals surface area contributed by atoms with E-state index in [9.17, 15) is 4.79 Å². The lowest BCUT2D eigenvalue weighted by atomic mass is 10.2. The minimum absolute atomic E-state index is 0.0347. The first-order valence-corrected chi connectivity index (χ1v) is 6.50. The van der Waals surface area contributed by atoms with Crippen LogP contribution in [0.2, 0.25) is 0 Å². The highest BCUT2D eigenvalue weighted by atomic mass is 16.3. The van der Waals surface area contributed by atoms with Crippen molar-refractivity contribution in [2.24, 2.45) is 0 Å². The first-order valence-electron chi connectivity index (χ1n) is 6.50. The Morgan fingerprint density at radius 2 is 2.16 bits per heavy atom. The number of carbonyl (C=O) groups excluding carboxylic acids is 1. The van der Waals surface area contributed by atoms with Gasteiger partial charge in [-0.3, -0.25) is 14.7 Å². The number of aliphatic hydroxyl groups excluding tert-OH is 1. The molecule has 1 N–H and O–H groups in total. The number of hydrogen-bond donors (Lipinski definition) is 1. The lowest BCUT2D eigenvalue weighted by Crippen LogP contribution is -2.48. The van der Waals surface area contributed by atoms with Crippen LogP contribution < -0.4 is 0 Å². The molecule has 1 amide bonds. The maximum atomic E-state index is 12.0. The van der Waals surface area contributed by atoms with Crippen molar-refractivity contribution in [3.8, 4) is 0 Å². The Bertz CT molecular complexity index is 426. The third-order valence-electron chi connectivity index (χ3n) is 3.20. The molecule has 1 fully saturated rings. The summed E-state index contributed by atoms with van der Waals surface area (Å²) in [4.78, 5) is 20.0. The molecule has 0 bridgehead atoms. The summed E-state index contributed by atoms with van der Waals surface area (Å²) in [7, 11) is 0. The van der Waals surface area contributed by atoms with E-state index < -0.39 is 0 Å². The molecule has 1 aliphatic heterocycles. The van der Waals surface area contributed by atoms with Crippen LogP contribution in [0.25, 0.3) is 6.08 Å². The van der Waals surface area contributed by atoms with Gasteiger partial charge in [0.05, 0.1) is 6.61 Å². The summed E-state index contributed by atoms with van der Waals surface area (Å²) in [5.74, 6) is 0.0347. The van der Waals surface area contributed by atoms with E-state index in [2.05, 4.69) is 9.88 Å². The smallest absolute Gasteiger partial charge is 0.246 e. The standard InChI is InChI=1S/C14H19N3O2/c18-11-10-16-6-8-17(9-7-16)14(19)4-3-13-2-1-5-15-12-13/h1-5,12,18H,6-11H2/b4-3+. The van der Waals surface area contributed by atoms with Crippen LogP contribution in [0.15, 0.2) is 30.6 Å². The Morgan fingerprint density at radius 1 is 1.37 bits per heavy atom. The molecule has 0 spiro atoms. The van der Waals surface area contributed by atoms with E-state index in [1.807, 2.05) is 17.0 Å². The molecular formula is C14H19N3O2. The Hall–Kier alpha value is -1.72. The summed E-state index contributed by atoms with van der Waals surface area (Å²) in [6.45, 7) is 3.95. The number of piperazine rings is 1. The van der Waals surface area contributed by atoms with Crippen LogP contribution in [-0.2, 0) is 4.79 Å². The van der Waals surface area contributed by atoms with Gasteiger partial charge in [-0.1, -0.05) is 6.07 Å². The number of β-amino-alcohol motifs (C(OH)–C–C–N with tert-alkyl or cyclic N) is 1. The van der Waals surface area contributed by atoms with Gasteiger partial charge in [0.2, 0.25) is 5.91 Å². The lowest BCUT2D eigenvalue weighted by molar-refractivity contribution is -0.127. The van der Waals surface area contributed by atoms with Gasteiger partial charge in [0.1, 0.15) is 0 Å². The van der Waals surface area contributed by atoms with Crippen molar-refractivity contribution in [2.45, 2.75) is 0 Å². The maximum absolute atomic E-state index is 12.0. The highest BCUT2D eigenvalue weighted by Gasteiger charge is 2.18. The number of carbonyl (C=O) groups is 1. The van der Waals surface area contributed by atoms with Gasteiger partial charge in [0, 0.05) is 51.2 Å². The molecule has 0 aromatic carbocycles. The molecular weight excluding hydrogens is 242 g/mol. The summed E-state index contributed by atoms with van der Waals surface area (Å²) in [6, 6.07) is 3.76. The second kappa shape index (κ2) is 7.01. The summed E-state index contributed by atoms with van der Waals surface area (Å²) < 4.78 is 0. The second-order valence-electron chi connectivity index (χ2n) is 4.51. The number of pyridine rings is 1. The molecule has 0 saturated carbocycles. The highest BCUT2D eigenvalue weighted by molar-refractivity contribution is 5.91. The van der Waals surface area contributed by atoms with Crippen molar-refractivity contribution in [1.82, 2.24) is 14.8 Å². The van der Waals surface area contributed by atoms with Crippen molar-refractivity contribution >= 4 is 12.0 Å². The normalized spacial score (nSPS) is 17.0. The predicted octanol–water partition coefficient (Wildman–Crippen LogP) is 0.231. The third-order valence-corrected chi connectivity index (χ3v) is 3.20. The van der Waals surface area contributed by atoms with E-state index in [-0.39, 0.29) is 12.5 Å². The number of aromatic nitrogens is 1. The van der Waals surface area contributed by atoms with Gasteiger partial charge in [0.25, 0.3) is 0 Å². The zero-order valence-corrected chi connectivity index (χ0v) is 10.9. The minimum atomic E-state index is 0.0347. The zero-order chi connectivity index (χ0) is 13.5. The van der Waals surface area contributed by atoms with Crippen LogP contribution in [-0.4, -0.2) is 65.1 Å². The summed E-state index contributed by atoms with van der Waals surface area (Å²) in [5.41, 5.74) is 0.926. The average molecular weight is 261 g/mol. The number of aliphatic hydroxyl groups is 1. The van der Waals surface area contributed by atoms with E-state index in [0.29, 0.717) is 6.54 Å². The topological polar surface area (TPSA) is 56.7 Å². The molecule has 5 heteroatoms. The number of rotatable bonds is 4. The van der Waals surface area contributed by atoms with E-state index in [4.69, 9.17) is 5.11 Å². The fraction of sp³-hybridized carbons (Fsp3) is 0.429. The molecule has 2 rings (SSSR count). The maximum Gasteiger partial charge on any atom is 0.246 e. The second-order valence-corrected chi connectivity index (χ2v) is 4.51. The molecule has 0 atom stereocenters. The monoisotopic (exact) mass is 261 g/mol. The van der Waals surface area contributed by atoms with Crippen molar-refractivity contribution < 1.29 is 9.90 Å². The summed E-state index contributed by atoms with van der Waals surface area (Å²) in [5, 5.41) is 8.86. The molecule has 1 aliphatic rings. The summed E-state index contributed by atoms with van der Waals surface area (Å²) >= 11 is 0. The Morgan fingerprint density at radius 3 is 2.79 bits per heavy atom. The van der Waals surface area contributed by atoms with Crippen molar-refractivity contribution in [3.05, 3.63) is 36.2 Å². The fourth-order valence-corrected chi connectivity index (χ4v) is 2.08. The molecule has 0 radical (unpaired) electrons. The minimum Gasteiger partial charge on any atom is -0.395 e. The molecule has 5 nitrogen and oxygen atoms in total.